The molecule has 1 N–H and O–H groups in total. The molecule has 1 aliphatic heterocycles. The molecule has 1 unspecified atom stereocenters. The van der Waals surface area contributed by atoms with Gasteiger partial charge in [0.15, 0.2) is 0 Å². The number of carbonyl (C=O) groups excluding carboxylic acids is 2. The van der Waals surface area contributed by atoms with Crippen LogP contribution < -0.4 is 19.1 Å². The summed E-state index contributed by atoms with van der Waals surface area (Å²) in [6.07, 6.45) is 1.43. The minimum absolute atomic E-state index is 0.137. The van der Waals surface area contributed by atoms with Gasteiger partial charge >= 0.3 is 0 Å². The number of carbonyl (C=O) groups is 2. The molecule has 1 fully saturated rings. The predicted molar refractivity (Wildman–Crippen MR) is 130 cm³/mol. The molecule has 35 heavy (non-hydrogen) atoms. The number of methoxy groups -OCH3 is 1. The lowest BCUT2D eigenvalue weighted by Gasteiger charge is -2.24. The molecule has 1 amide bonds. The summed E-state index contributed by atoms with van der Waals surface area (Å²) in [5.41, 5.74) is 0.453. The number of hydrogen-bond donors (Lipinski definition) is 1. The first-order valence-corrected chi connectivity index (χ1v) is 11.4. The molecule has 0 saturated carbocycles. The average Bonchev–Trinajstić information content (AvgIpc) is 3.46. The summed E-state index contributed by atoms with van der Waals surface area (Å²) >= 11 is 6.29. The van der Waals surface area contributed by atoms with Crippen molar-refractivity contribution in [3.63, 3.8) is 0 Å². The second-order valence-electron chi connectivity index (χ2n) is 7.53. The monoisotopic (exact) mass is 497 g/mol. The molecular weight excluding hydrogens is 474 g/mol. The van der Waals surface area contributed by atoms with Crippen LogP contribution in [-0.2, 0) is 9.59 Å². The maximum absolute atomic E-state index is 13.3. The van der Waals surface area contributed by atoms with Crippen LogP contribution in [0, 0.1) is 0 Å². The number of benzene rings is 2. The number of halogens is 1. The van der Waals surface area contributed by atoms with Crippen molar-refractivity contribution in [3.05, 3.63) is 76.7 Å². The van der Waals surface area contributed by atoms with E-state index in [9.17, 15) is 14.7 Å². The zero-order chi connectivity index (χ0) is 25.1. The molecule has 4 rings (SSSR count). The Morgan fingerprint density at radius 3 is 2.46 bits per heavy atom. The molecule has 8 nitrogen and oxygen atoms in total. The quantitative estimate of drug-likeness (QED) is 0.254. The van der Waals surface area contributed by atoms with Gasteiger partial charge in [0.2, 0.25) is 0 Å². The van der Waals surface area contributed by atoms with Crippen molar-refractivity contribution in [2.45, 2.75) is 19.9 Å². The van der Waals surface area contributed by atoms with Gasteiger partial charge in [0, 0.05) is 11.8 Å². The maximum atomic E-state index is 13.3. The van der Waals surface area contributed by atoms with Gasteiger partial charge in [-0.2, -0.15) is 0 Å². The van der Waals surface area contributed by atoms with E-state index in [1.54, 1.807) is 49.4 Å². The molecule has 2 heterocycles. The first kappa shape index (κ1) is 24.2. The van der Waals surface area contributed by atoms with Crippen molar-refractivity contribution in [2.24, 2.45) is 0 Å². The summed E-state index contributed by atoms with van der Waals surface area (Å²) in [7, 11) is 1.47. The number of furan rings is 1. The van der Waals surface area contributed by atoms with Crippen LogP contribution in [0.5, 0.6) is 17.2 Å². The van der Waals surface area contributed by atoms with Crippen LogP contribution in [0.2, 0.25) is 5.02 Å². The molecule has 1 saturated heterocycles. The van der Waals surface area contributed by atoms with Crippen LogP contribution >= 0.6 is 11.6 Å². The second kappa shape index (κ2) is 10.1. The van der Waals surface area contributed by atoms with Crippen LogP contribution in [0.3, 0.4) is 0 Å². The molecule has 182 valence electrons. The zero-order valence-electron chi connectivity index (χ0n) is 19.4. The van der Waals surface area contributed by atoms with Crippen LogP contribution in [-0.4, -0.2) is 37.1 Å². The van der Waals surface area contributed by atoms with Gasteiger partial charge in [-0.05, 0) is 56.3 Å². The van der Waals surface area contributed by atoms with E-state index >= 15 is 0 Å². The number of nitrogens with zero attached hydrogens (tertiary/aromatic N) is 1. The van der Waals surface area contributed by atoms with E-state index in [2.05, 4.69) is 0 Å². The van der Waals surface area contributed by atoms with Crippen molar-refractivity contribution >= 4 is 34.7 Å². The highest BCUT2D eigenvalue weighted by molar-refractivity contribution is 6.51. The number of anilines is 1. The van der Waals surface area contributed by atoms with E-state index in [0.29, 0.717) is 41.9 Å². The number of ketones is 1. The van der Waals surface area contributed by atoms with Crippen molar-refractivity contribution in [3.8, 4) is 17.2 Å². The molecule has 1 aromatic heterocycles. The van der Waals surface area contributed by atoms with Crippen molar-refractivity contribution in [1.82, 2.24) is 0 Å². The smallest absolute Gasteiger partial charge is 0.300 e. The van der Waals surface area contributed by atoms with Crippen LogP contribution in [0.15, 0.2) is 64.8 Å². The number of Topliss-reactive ketones (excluding diaryl/α,β-unsaturated/α-hetero) is 1. The van der Waals surface area contributed by atoms with E-state index in [-0.39, 0.29) is 16.2 Å². The molecule has 0 aliphatic carbocycles. The molecule has 0 radical (unpaired) electrons. The minimum Gasteiger partial charge on any atom is -0.507 e. The molecule has 1 atom stereocenters. The van der Waals surface area contributed by atoms with E-state index in [4.69, 9.17) is 30.2 Å². The normalized spacial score (nSPS) is 17.0. The maximum Gasteiger partial charge on any atom is 0.300 e. The Hall–Kier alpha value is -3.91. The Kier molecular flexibility index (Phi) is 7.02. The average molecular weight is 498 g/mol. The lowest BCUT2D eigenvalue weighted by molar-refractivity contribution is -0.132. The number of rotatable bonds is 8. The van der Waals surface area contributed by atoms with Gasteiger partial charge in [0.1, 0.15) is 34.8 Å². The standard InChI is InChI=1S/C26H24ClNO7/c1-4-33-16-9-10-17(21(14-16)34-5-2)24(29)22-23(20-7-6-12-35-20)28(26(31)25(22)30)15-8-11-19(32-3)18(27)13-15/h6-14,23,29H,4-5H2,1-3H3/b24-22-. The van der Waals surface area contributed by atoms with E-state index in [1.807, 2.05) is 6.92 Å². The largest absolute Gasteiger partial charge is 0.507 e. The summed E-state index contributed by atoms with van der Waals surface area (Å²) in [5, 5.41) is 11.6. The van der Waals surface area contributed by atoms with Crippen LogP contribution in [0.1, 0.15) is 31.2 Å². The van der Waals surface area contributed by atoms with Gasteiger partial charge in [-0.1, -0.05) is 11.6 Å². The summed E-state index contributed by atoms with van der Waals surface area (Å²) in [6, 6.07) is 11.8. The Morgan fingerprint density at radius 2 is 1.83 bits per heavy atom. The Bertz CT molecular complexity index is 1280. The number of amides is 1. The van der Waals surface area contributed by atoms with Gasteiger partial charge < -0.3 is 23.7 Å². The third kappa shape index (κ3) is 4.44. The predicted octanol–water partition coefficient (Wildman–Crippen LogP) is 5.37. The van der Waals surface area contributed by atoms with Gasteiger partial charge in [-0.3, -0.25) is 14.5 Å². The lowest BCUT2D eigenvalue weighted by Crippen LogP contribution is -2.29. The van der Waals surface area contributed by atoms with E-state index in [0.717, 1.165) is 0 Å². The summed E-state index contributed by atoms with van der Waals surface area (Å²) in [5.74, 6) is -0.529. The zero-order valence-corrected chi connectivity index (χ0v) is 20.2. The molecule has 9 heteroatoms. The Balaban J connectivity index is 1.90. The fourth-order valence-corrected chi connectivity index (χ4v) is 4.25. The van der Waals surface area contributed by atoms with Crippen molar-refractivity contribution < 1.29 is 33.3 Å². The SMILES string of the molecule is CCOc1ccc(/C(O)=C2/C(=O)C(=O)N(c3ccc(OC)c(Cl)c3)C2c2ccco2)c(OCC)c1. The minimum atomic E-state index is -1.03. The van der Waals surface area contributed by atoms with E-state index in [1.165, 1.54) is 24.3 Å². The number of ether oxygens (including phenoxy) is 3. The number of aliphatic hydroxyl groups excluding tert-OH is 1. The third-order valence-corrected chi connectivity index (χ3v) is 5.79. The molecule has 0 bridgehead atoms. The molecule has 3 aromatic rings. The first-order chi connectivity index (χ1) is 16.9. The van der Waals surface area contributed by atoms with Gasteiger partial charge in [0.05, 0.1) is 42.7 Å². The van der Waals surface area contributed by atoms with Gasteiger partial charge in [-0.25, -0.2) is 0 Å². The fraction of sp³-hybridized carbons (Fsp3) is 0.231. The Morgan fingerprint density at radius 1 is 1.06 bits per heavy atom. The fourth-order valence-electron chi connectivity index (χ4n) is 3.99. The lowest BCUT2D eigenvalue weighted by atomic mass is 9.98. The second-order valence-corrected chi connectivity index (χ2v) is 7.93. The third-order valence-electron chi connectivity index (χ3n) is 5.49. The molecule has 1 aliphatic rings. The van der Waals surface area contributed by atoms with Crippen molar-refractivity contribution in [2.75, 3.05) is 25.2 Å². The summed E-state index contributed by atoms with van der Waals surface area (Å²) in [4.78, 5) is 27.8. The highest BCUT2D eigenvalue weighted by Gasteiger charge is 2.48. The first-order valence-electron chi connectivity index (χ1n) is 11.0. The van der Waals surface area contributed by atoms with Crippen molar-refractivity contribution in [1.29, 1.82) is 0 Å². The van der Waals surface area contributed by atoms with E-state index < -0.39 is 23.5 Å². The summed E-state index contributed by atoms with van der Waals surface area (Å²) in [6.45, 7) is 4.41. The topological polar surface area (TPSA) is 98.4 Å². The van der Waals surface area contributed by atoms with Gasteiger partial charge in [0.25, 0.3) is 11.7 Å². The molecule has 2 aromatic carbocycles. The number of hydrogen-bond acceptors (Lipinski definition) is 7. The molecular formula is C26H24ClNO7. The molecule has 0 spiro atoms. The number of aliphatic hydroxyl groups is 1. The van der Waals surface area contributed by atoms with Crippen LogP contribution in [0.25, 0.3) is 5.76 Å². The highest BCUT2D eigenvalue weighted by Crippen LogP contribution is 2.45. The van der Waals surface area contributed by atoms with Gasteiger partial charge in [-0.15, -0.1) is 0 Å². The Labute approximate surface area is 207 Å². The highest BCUT2D eigenvalue weighted by atomic mass is 35.5. The van der Waals surface area contributed by atoms with Crippen LogP contribution in [0.4, 0.5) is 5.69 Å². The summed E-state index contributed by atoms with van der Waals surface area (Å²) < 4.78 is 22.0.